The van der Waals surface area contributed by atoms with E-state index < -0.39 is 17.9 Å². The van der Waals surface area contributed by atoms with Gasteiger partial charge in [0, 0.05) is 12.3 Å². The molecule has 2 unspecified atom stereocenters. The SMILES string of the molecule is COc1cccc(C(=O)N[C@@H](C)C(=O)OC2Cc3ccccc3C2C)c1O. The van der Waals surface area contributed by atoms with Crippen LogP contribution in [-0.4, -0.2) is 36.2 Å². The summed E-state index contributed by atoms with van der Waals surface area (Å²) in [5, 5.41) is 12.6. The highest BCUT2D eigenvalue weighted by atomic mass is 16.5. The Bertz CT molecular complexity index is 863. The zero-order valence-corrected chi connectivity index (χ0v) is 15.6. The van der Waals surface area contributed by atoms with E-state index in [1.54, 1.807) is 19.1 Å². The largest absolute Gasteiger partial charge is 0.504 e. The summed E-state index contributed by atoms with van der Waals surface area (Å²) in [6.45, 7) is 3.59. The molecule has 3 atom stereocenters. The molecule has 2 aromatic carbocycles. The number of methoxy groups -OCH3 is 1. The molecule has 6 nitrogen and oxygen atoms in total. The third-order valence-electron chi connectivity index (χ3n) is 4.96. The van der Waals surface area contributed by atoms with Crippen molar-refractivity contribution in [2.45, 2.75) is 38.3 Å². The van der Waals surface area contributed by atoms with Gasteiger partial charge in [0.15, 0.2) is 11.5 Å². The highest BCUT2D eigenvalue weighted by Gasteiger charge is 2.33. The van der Waals surface area contributed by atoms with E-state index in [2.05, 4.69) is 5.32 Å². The van der Waals surface area contributed by atoms with Crippen LogP contribution >= 0.6 is 0 Å². The van der Waals surface area contributed by atoms with Gasteiger partial charge in [0.25, 0.3) is 5.91 Å². The van der Waals surface area contributed by atoms with Gasteiger partial charge in [-0.25, -0.2) is 4.79 Å². The first-order valence-electron chi connectivity index (χ1n) is 8.87. The molecule has 6 heteroatoms. The van der Waals surface area contributed by atoms with Gasteiger partial charge < -0.3 is 19.9 Å². The van der Waals surface area contributed by atoms with Gasteiger partial charge in [0.1, 0.15) is 12.1 Å². The summed E-state index contributed by atoms with van der Waals surface area (Å²) in [5.41, 5.74) is 2.41. The second kappa shape index (κ2) is 7.70. The molecule has 27 heavy (non-hydrogen) atoms. The van der Waals surface area contributed by atoms with Crippen molar-refractivity contribution in [3.8, 4) is 11.5 Å². The molecule has 1 aliphatic carbocycles. The van der Waals surface area contributed by atoms with Gasteiger partial charge in [0.2, 0.25) is 0 Å². The van der Waals surface area contributed by atoms with Gasteiger partial charge in [-0.2, -0.15) is 0 Å². The fraction of sp³-hybridized carbons (Fsp3) is 0.333. The molecule has 0 heterocycles. The number of ether oxygens (including phenoxy) is 2. The van der Waals surface area contributed by atoms with Gasteiger partial charge in [0.05, 0.1) is 12.7 Å². The highest BCUT2D eigenvalue weighted by Crippen LogP contribution is 2.35. The van der Waals surface area contributed by atoms with Crippen molar-refractivity contribution in [1.29, 1.82) is 0 Å². The van der Waals surface area contributed by atoms with Gasteiger partial charge >= 0.3 is 5.97 Å². The molecule has 0 aromatic heterocycles. The molecule has 0 spiro atoms. The summed E-state index contributed by atoms with van der Waals surface area (Å²) in [4.78, 5) is 24.8. The van der Waals surface area contributed by atoms with Crippen LogP contribution in [0.25, 0.3) is 0 Å². The number of rotatable bonds is 5. The number of para-hydroxylation sites is 1. The Kier molecular flexibility index (Phi) is 5.35. The minimum atomic E-state index is -0.848. The predicted octanol–water partition coefficient (Wildman–Crippen LogP) is 2.79. The first-order valence-corrected chi connectivity index (χ1v) is 8.87. The quantitative estimate of drug-likeness (QED) is 0.792. The third kappa shape index (κ3) is 3.74. The number of carbonyl (C=O) groups is 2. The maximum atomic E-state index is 12.4. The minimum absolute atomic E-state index is 0.0376. The molecule has 0 fully saturated rings. The van der Waals surface area contributed by atoms with Crippen molar-refractivity contribution < 1.29 is 24.2 Å². The number of carbonyl (C=O) groups excluding carboxylic acids is 2. The maximum Gasteiger partial charge on any atom is 0.328 e. The monoisotopic (exact) mass is 369 g/mol. The molecular formula is C21H23NO5. The van der Waals surface area contributed by atoms with Crippen molar-refractivity contribution >= 4 is 11.9 Å². The number of benzene rings is 2. The lowest BCUT2D eigenvalue weighted by Crippen LogP contribution is -2.41. The van der Waals surface area contributed by atoms with Gasteiger partial charge in [-0.3, -0.25) is 4.79 Å². The van der Waals surface area contributed by atoms with Crippen molar-refractivity contribution in [2.75, 3.05) is 7.11 Å². The summed E-state index contributed by atoms with van der Waals surface area (Å²) in [6, 6.07) is 11.8. The van der Waals surface area contributed by atoms with E-state index in [1.807, 2.05) is 31.2 Å². The van der Waals surface area contributed by atoms with E-state index in [0.29, 0.717) is 6.42 Å². The summed E-state index contributed by atoms with van der Waals surface area (Å²) < 4.78 is 10.6. The topological polar surface area (TPSA) is 84.9 Å². The molecular weight excluding hydrogens is 346 g/mol. The Morgan fingerprint density at radius 3 is 2.63 bits per heavy atom. The molecule has 0 radical (unpaired) electrons. The van der Waals surface area contributed by atoms with Crippen molar-refractivity contribution in [3.05, 3.63) is 59.2 Å². The molecule has 1 amide bonds. The van der Waals surface area contributed by atoms with Crippen LogP contribution in [0.1, 0.15) is 41.3 Å². The average Bonchev–Trinajstić information content (AvgIpc) is 2.97. The first-order chi connectivity index (χ1) is 12.9. The molecule has 0 aliphatic heterocycles. The van der Waals surface area contributed by atoms with E-state index >= 15 is 0 Å². The van der Waals surface area contributed by atoms with Crippen LogP contribution in [0.5, 0.6) is 11.5 Å². The molecule has 0 saturated carbocycles. The summed E-state index contributed by atoms with van der Waals surface area (Å²) >= 11 is 0. The highest BCUT2D eigenvalue weighted by molar-refractivity contribution is 5.99. The van der Waals surface area contributed by atoms with Gasteiger partial charge in [-0.05, 0) is 30.2 Å². The maximum absolute atomic E-state index is 12.4. The van der Waals surface area contributed by atoms with Crippen molar-refractivity contribution in [2.24, 2.45) is 0 Å². The summed E-state index contributed by atoms with van der Waals surface area (Å²) in [5.74, 6) is -1.04. The van der Waals surface area contributed by atoms with Crippen LogP contribution in [0.3, 0.4) is 0 Å². The van der Waals surface area contributed by atoms with Gasteiger partial charge in [-0.1, -0.05) is 37.3 Å². The van der Waals surface area contributed by atoms with E-state index in [1.165, 1.54) is 24.3 Å². The van der Waals surface area contributed by atoms with E-state index in [9.17, 15) is 14.7 Å². The Morgan fingerprint density at radius 1 is 1.19 bits per heavy atom. The molecule has 0 bridgehead atoms. The summed E-state index contributed by atoms with van der Waals surface area (Å²) in [6.07, 6.45) is 0.417. The average molecular weight is 369 g/mol. The molecule has 142 valence electrons. The molecule has 3 rings (SSSR count). The van der Waals surface area contributed by atoms with E-state index in [0.717, 1.165) is 0 Å². The van der Waals surface area contributed by atoms with Crippen LogP contribution in [0.2, 0.25) is 0 Å². The van der Waals surface area contributed by atoms with Crippen LogP contribution in [-0.2, 0) is 16.0 Å². The molecule has 0 saturated heterocycles. The zero-order chi connectivity index (χ0) is 19.6. The number of hydrogen-bond acceptors (Lipinski definition) is 5. The Labute approximate surface area is 158 Å². The summed E-state index contributed by atoms with van der Waals surface area (Å²) in [7, 11) is 1.40. The van der Waals surface area contributed by atoms with Crippen molar-refractivity contribution in [3.63, 3.8) is 0 Å². The fourth-order valence-electron chi connectivity index (χ4n) is 3.36. The minimum Gasteiger partial charge on any atom is -0.504 e. The first kappa shape index (κ1) is 18.8. The zero-order valence-electron chi connectivity index (χ0n) is 15.6. The number of aromatic hydroxyl groups is 1. The number of phenols is 1. The third-order valence-corrected chi connectivity index (χ3v) is 4.96. The number of phenolic OH excluding ortho intramolecular Hbond substituents is 1. The van der Waals surface area contributed by atoms with Crippen molar-refractivity contribution in [1.82, 2.24) is 5.32 Å². The lowest BCUT2D eigenvalue weighted by Gasteiger charge is -2.20. The van der Waals surface area contributed by atoms with E-state index in [4.69, 9.17) is 9.47 Å². The smallest absolute Gasteiger partial charge is 0.328 e. The lowest BCUT2D eigenvalue weighted by molar-refractivity contribution is -0.151. The van der Waals surface area contributed by atoms with Crippen LogP contribution in [0.4, 0.5) is 0 Å². The Hall–Kier alpha value is -3.02. The lowest BCUT2D eigenvalue weighted by atomic mass is 10.0. The normalized spacial score (nSPS) is 19.1. The number of fused-ring (bicyclic) bond motifs is 1. The van der Waals surface area contributed by atoms with Crippen LogP contribution in [0, 0.1) is 0 Å². The number of esters is 1. The van der Waals surface area contributed by atoms with Gasteiger partial charge in [-0.15, -0.1) is 0 Å². The van der Waals surface area contributed by atoms with E-state index in [-0.39, 0.29) is 29.1 Å². The second-order valence-electron chi connectivity index (χ2n) is 6.72. The number of hydrogen-bond donors (Lipinski definition) is 2. The van der Waals surface area contributed by atoms with Crippen LogP contribution in [0.15, 0.2) is 42.5 Å². The second-order valence-corrected chi connectivity index (χ2v) is 6.72. The molecule has 2 aromatic rings. The molecule has 1 aliphatic rings. The standard InChI is InChI=1S/C21H23NO5/c1-12-15-8-5-4-7-14(15)11-18(12)27-21(25)13(2)22-20(24)16-9-6-10-17(26-3)19(16)23/h4-10,12-13,18,23H,11H2,1-3H3,(H,22,24)/t12?,13-,18?/m0/s1. The molecule has 2 N–H and O–H groups in total. The Morgan fingerprint density at radius 2 is 1.93 bits per heavy atom. The fourth-order valence-corrected chi connectivity index (χ4v) is 3.36. The number of nitrogens with one attached hydrogen (secondary N) is 1. The number of amides is 1. The predicted molar refractivity (Wildman–Crippen MR) is 100 cm³/mol. The Balaban J connectivity index is 1.63. The van der Waals surface area contributed by atoms with Crippen LogP contribution < -0.4 is 10.1 Å².